The topological polar surface area (TPSA) is 66.0 Å². The Morgan fingerprint density at radius 3 is 2.68 bits per heavy atom. The van der Waals surface area contributed by atoms with E-state index in [1.165, 1.54) is 42.6 Å². The molecule has 7 rings (SSSR count). The highest BCUT2D eigenvalue weighted by molar-refractivity contribution is 5.75. The molecule has 1 aromatic heterocycles. The summed E-state index contributed by atoms with van der Waals surface area (Å²) in [6.07, 6.45) is 14.7. The Kier molecular flexibility index (Phi) is 6.27. The third-order valence-electron chi connectivity index (χ3n) is 12.6. The SMILES string of the molecule is CC(=O)O.Cc1ccc2nc(CCC(C)C3CCC4C5CCC6CC7CC7C6(C)C5CCC34C)[nH]c2c1. The number of H-pyrrole nitrogens is 1. The molecule has 37 heavy (non-hydrogen) atoms. The lowest BCUT2D eigenvalue weighted by Crippen LogP contribution is -2.52. The molecule has 0 spiro atoms. The summed E-state index contributed by atoms with van der Waals surface area (Å²) >= 11 is 0. The number of nitrogens with one attached hydrogen (secondary N) is 1. The molecule has 5 aliphatic carbocycles. The highest BCUT2D eigenvalue weighted by Crippen LogP contribution is 2.75. The van der Waals surface area contributed by atoms with Crippen LogP contribution in [-0.2, 0) is 11.2 Å². The Morgan fingerprint density at radius 1 is 1.11 bits per heavy atom. The summed E-state index contributed by atoms with van der Waals surface area (Å²) < 4.78 is 0. The zero-order valence-electron chi connectivity index (χ0n) is 23.7. The Labute approximate surface area is 223 Å². The van der Waals surface area contributed by atoms with E-state index in [0.29, 0.717) is 5.41 Å². The lowest BCUT2D eigenvalue weighted by Gasteiger charge is -2.59. The largest absolute Gasteiger partial charge is 0.481 e. The van der Waals surface area contributed by atoms with E-state index in [2.05, 4.69) is 50.9 Å². The molecule has 4 heteroatoms. The fraction of sp³-hybridized carbons (Fsp3) is 0.758. The number of rotatable bonds is 4. The van der Waals surface area contributed by atoms with Crippen LogP contribution in [0.4, 0.5) is 0 Å². The van der Waals surface area contributed by atoms with E-state index >= 15 is 0 Å². The first-order chi connectivity index (χ1) is 17.6. The fourth-order valence-corrected chi connectivity index (χ4v) is 10.9. The van der Waals surface area contributed by atoms with Crippen molar-refractivity contribution in [3.8, 4) is 0 Å². The second-order valence-electron chi connectivity index (χ2n) is 14.3. The first-order valence-corrected chi connectivity index (χ1v) is 15.3. The molecular formula is C33H48N2O2. The van der Waals surface area contributed by atoms with Gasteiger partial charge in [0.1, 0.15) is 5.82 Å². The summed E-state index contributed by atoms with van der Waals surface area (Å²) in [5, 5.41) is 7.42. The molecule has 5 saturated carbocycles. The van der Waals surface area contributed by atoms with Crippen molar-refractivity contribution in [1.29, 1.82) is 0 Å². The molecule has 2 aromatic rings. The molecule has 0 bridgehead atoms. The summed E-state index contributed by atoms with van der Waals surface area (Å²) in [6, 6.07) is 6.58. The predicted molar refractivity (Wildman–Crippen MR) is 149 cm³/mol. The van der Waals surface area contributed by atoms with Gasteiger partial charge in [-0.2, -0.15) is 0 Å². The smallest absolute Gasteiger partial charge is 0.300 e. The van der Waals surface area contributed by atoms with Crippen molar-refractivity contribution in [2.45, 2.75) is 98.8 Å². The van der Waals surface area contributed by atoms with Gasteiger partial charge in [-0.05, 0) is 141 Å². The zero-order chi connectivity index (χ0) is 26.1. The van der Waals surface area contributed by atoms with Crippen LogP contribution in [0.5, 0.6) is 0 Å². The number of nitrogens with zero attached hydrogens (tertiary/aromatic N) is 1. The van der Waals surface area contributed by atoms with Crippen molar-refractivity contribution in [2.24, 2.45) is 58.2 Å². The number of benzene rings is 1. The summed E-state index contributed by atoms with van der Waals surface area (Å²) in [5.41, 5.74) is 4.96. The van der Waals surface area contributed by atoms with Crippen LogP contribution in [0.15, 0.2) is 18.2 Å². The normalized spacial score (nSPS) is 42.1. The molecule has 5 fully saturated rings. The maximum atomic E-state index is 9.00. The maximum absolute atomic E-state index is 9.00. The standard InChI is InChI=1S/C31H44N2.C2H4O2/c1-18-5-11-27-28(15-18)33-29(32-27)12-6-19(2)23-9-10-24-22-8-7-21-16-20-17-26(20)31(21,4)25(22)13-14-30(23,24)3;1-2(3)4/h5,11,15,19-26H,6-10,12-14,16-17H2,1-4H3,(H,32,33);1H3,(H,3,4). The number of carbonyl (C=O) groups is 1. The van der Waals surface area contributed by atoms with Crippen molar-refractivity contribution in [2.75, 3.05) is 0 Å². The van der Waals surface area contributed by atoms with E-state index in [1.807, 2.05) is 0 Å². The van der Waals surface area contributed by atoms with E-state index in [9.17, 15) is 0 Å². The number of aryl methyl sites for hydroxylation is 2. The molecule has 10 atom stereocenters. The Balaban J connectivity index is 0.000000590. The number of carboxylic acid groups (broad SMARTS) is 1. The molecule has 5 aliphatic rings. The van der Waals surface area contributed by atoms with Crippen molar-refractivity contribution in [3.05, 3.63) is 29.6 Å². The van der Waals surface area contributed by atoms with Gasteiger partial charge in [-0.1, -0.05) is 26.8 Å². The van der Waals surface area contributed by atoms with Crippen LogP contribution in [0.2, 0.25) is 0 Å². The van der Waals surface area contributed by atoms with Gasteiger partial charge in [0.25, 0.3) is 5.97 Å². The van der Waals surface area contributed by atoms with Crippen molar-refractivity contribution < 1.29 is 9.90 Å². The number of aromatic amines is 1. The monoisotopic (exact) mass is 504 g/mol. The van der Waals surface area contributed by atoms with Crippen LogP contribution in [0, 0.1) is 65.1 Å². The third kappa shape index (κ3) is 4.16. The van der Waals surface area contributed by atoms with Crippen LogP contribution in [-0.4, -0.2) is 21.0 Å². The van der Waals surface area contributed by atoms with E-state index in [-0.39, 0.29) is 0 Å². The molecule has 0 saturated heterocycles. The molecule has 1 heterocycles. The van der Waals surface area contributed by atoms with Gasteiger partial charge >= 0.3 is 0 Å². The van der Waals surface area contributed by atoms with Gasteiger partial charge in [0, 0.05) is 13.3 Å². The Bertz CT molecular complexity index is 1170. The minimum atomic E-state index is -0.833. The summed E-state index contributed by atoms with van der Waals surface area (Å²) in [7, 11) is 0. The van der Waals surface area contributed by atoms with Gasteiger partial charge in [-0.3, -0.25) is 4.79 Å². The highest BCUT2D eigenvalue weighted by Gasteiger charge is 2.68. The predicted octanol–water partition coefficient (Wildman–Crippen LogP) is 8.05. The number of fused-ring (bicyclic) bond motifs is 8. The van der Waals surface area contributed by atoms with Crippen LogP contribution >= 0.6 is 0 Å². The molecule has 10 unspecified atom stereocenters. The number of imidazole rings is 1. The molecule has 4 nitrogen and oxygen atoms in total. The van der Waals surface area contributed by atoms with Gasteiger partial charge in [0.15, 0.2) is 0 Å². The second-order valence-corrected chi connectivity index (χ2v) is 14.3. The van der Waals surface area contributed by atoms with Crippen molar-refractivity contribution in [3.63, 3.8) is 0 Å². The van der Waals surface area contributed by atoms with Crippen molar-refractivity contribution >= 4 is 17.0 Å². The molecular weight excluding hydrogens is 456 g/mol. The molecule has 2 N–H and O–H groups in total. The molecule has 1 aromatic carbocycles. The summed E-state index contributed by atoms with van der Waals surface area (Å²) in [5.74, 6) is 8.51. The number of hydrogen-bond donors (Lipinski definition) is 2. The molecule has 202 valence electrons. The lowest BCUT2D eigenvalue weighted by molar-refractivity contribution is -0.134. The van der Waals surface area contributed by atoms with E-state index in [0.717, 1.165) is 71.6 Å². The van der Waals surface area contributed by atoms with Gasteiger partial charge in [0.05, 0.1) is 11.0 Å². The van der Waals surface area contributed by atoms with Gasteiger partial charge in [-0.15, -0.1) is 0 Å². The van der Waals surface area contributed by atoms with Gasteiger partial charge < -0.3 is 10.1 Å². The minimum absolute atomic E-state index is 0.594. The van der Waals surface area contributed by atoms with Crippen LogP contribution in [0.3, 0.4) is 0 Å². The fourth-order valence-electron chi connectivity index (χ4n) is 10.9. The number of carboxylic acids is 1. The van der Waals surface area contributed by atoms with E-state index in [4.69, 9.17) is 14.9 Å². The number of aliphatic carboxylic acids is 1. The summed E-state index contributed by atoms with van der Waals surface area (Å²) in [4.78, 5) is 17.5. The van der Waals surface area contributed by atoms with E-state index in [1.54, 1.807) is 32.1 Å². The molecule has 0 amide bonds. The van der Waals surface area contributed by atoms with Crippen LogP contribution < -0.4 is 0 Å². The van der Waals surface area contributed by atoms with Crippen LogP contribution in [0.1, 0.15) is 96.9 Å². The maximum Gasteiger partial charge on any atom is 0.300 e. The average Bonchev–Trinajstić information content (AvgIpc) is 3.22. The van der Waals surface area contributed by atoms with Gasteiger partial charge in [-0.25, -0.2) is 4.98 Å². The third-order valence-corrected chi connectivity index (χ3v) is 12.6. The molecule has 0 radical (unpaired) electrons. The Morgan fingerprint density at radius 2 is 1.89 bits per heavy atom. The second kappa shape index (κ2) is 9.12. The van der Waals surface area contributed by atoms with Crippen molar-refractivity contribution in [1.82, 2.24) is 9.97 Å². The molecule has 0 aliphatic heterocycles. The zero-order valence-corrected chi connectivity index (χ0v) is 23.7. The van der Waals surface area contributed by atoms with Crippen LogP contribution in [0.25, 0.3) is 11.0 Å². The first-order valence-electron chi connectivity index (χ1n) is 15.3. The first kappa shape index (κ1) is 25.4. The number of hydrogen-bond acceptors (Lipinski definition) is 2. The highest BCUT2D eigenvalue weighted by atomic mass is 16.4. The average molecular weight is 505 g/mol. The van der Waals surface area contributed by atoms with E-state index < -0.39 is 5.97 Å². The minimum Gasteiger partial charge on any atom is -0.481 e. The summed E-state index contributed by atoms with van der Waals surface area (Å²) in [6.45, 7) is 11.3. The lowest BCUT2D eigenvalue weighted by atomic mass is 9.46. The Hall–Kier alpha value is -1.84. The quantitative estimate of drug-likeness (QED) is 0.443. The van der Waals surface area contributed by atoms with Gasteiger partial charge in [0.2, 0.25) is 0 Å². The number of aromatic nitrogens is 2.